The van der Waals surface area contributed by atoms with Crippen LogP contribution in [0.15, 0.2) is 54.6 Å². The summed E-state index contributed by atoms with van der Waals surface area (Å²) >= 11 is 5.87. The highest BCUT2D eigenvalue weighted by atomic mass is 35.5. The van der Waals surface area contributed by atoms with Crippen molar-refractivity contribution in [3.63, 3.8) is 0 Å². The fourth-order valence-electron chi connectivity index (χ4n) is 2.76. The Balaban J connectivity index is 1.84. The fourth-order valence-corrected chi connectivity index (χ4v) is 2.88. The van der Waals surface area contributed by atoms with Crippen molar-refractivity contribution >= 4 is 23.4 Å². The third-order valence-electron chi connectivity index (χ3n) is 3.95. The zero-order valence-corrected chi connectivity index (χ0v) is 13.3. The van der Waals surface area contributed by atoms with E-state index in [9.17, 15) is 9.59 Å². The number of benzene rings is 2. The Bertz CT molecular complexity index is 701. The number of nitrogens with zero attached hydrogens (tertiary/aromatic N) is 1. The van der Waals surface area contributed by atoms with Gasteiger partial charge in [-0.05, 0) is 29.8 Å². The van der Waals surface area contributed by atoms with E-state index in [1.807, 2.05) is 30.3 Å². The Morgan fingerprint density at radius 3 is 2.52 bits per heavy atom. The molecular formula is C18H17ClN2O2. The summed E-state index contributed by atoms with van der Waals surface area (Å²) in [5.74, 6) is -0.250. The van der Waals surface area contributed by atoms with E-state index in [1.54, 1.807) is 29.2 Å². The van der Waals surface area contributed by atoms with Gasteiger partial charge < -0.3 is 10.2 Å². The number of rotatable bonds is 3. The van der Waals surface area contributed by atoms with Crippen molar-refractivity contribution in [1.82, 2.24) is 10.2 Å². The summed E-state index contributed by atoms with van der Waals surface area (Å²) < 4.78 is 0. The highest BCUT2D eigenvalue weighted by Crippen LogP contribution is 2.17. The van der Waals surface area contributed by atoms with Crippen molar-refractivity contribution in [2.45, 2.75) is 12.5 Å². The van der Waals surface area contributed by atoms with Crippen LogP contribution in [0.5, 0.6) is 0 Å². The molecule has 23 heavy (non-hydrogen) atoms. The highest BCUT2D eigenvalue weighted by molar-refractivity contribution is 6.30. The summed E-state index contributed by atoms with van der Waals surface area (Å²) in [7, 11) is 0. The molecule has 2 amide bonds. The van der Waals surface area contributed by atoms with Crippen LogP contribution in [-0.4, -0.2) is 35.8 Å². The van der Waals surface area contributed by atoms with Gasteiger partial charge in [0.1, 0.15) is 6.04 Å². The molecule has 0 spiro atoms. The van der Waals surface area contributed by atoms with Gasteiger partial charge in [-0.1, -0.05) is 41.9 Å². The number of nitrogens with one attached hydrogen (secondary N) is 1. The molecule has 0 radical (unpaired) electrons. The van der Waals surface area contributed by atoms with Crippen LogP contribution in [0.1, 0.15) is 15.9 Å². The first-order valence-electron chi connectivity index (χ1n) is 7.53. The maximum atomic E-state index is 12.8. The van der Waals surface area contributed by atoms with Crippen molar-refractivity contribution in [3.05, 3.63) is 70.7 Å². The highest BCUT2D eigenvalue weighted by Gasteiger charge is 2.33. The molecule has 1 unspecified atom stereocenters. The molecule has 5 heteroatoms. The zero-order chi connectivity index (χ0) is 16.2. The Hall–Kier alpha value is -2.33. The standard InChI is InChI=1S/C18H17ClN2O2/c19-15-8-6-14(7-9-15)18(23)21-11-10-20-17(22)16(21)12-13-4-2-1-3-5-13/h1-9,16H,10-12H2,(H,20,22). The normalized spacial score (nSPS) is 17.7. The Labute approximate surface area is 140 Å². The zero-order valence-electron chi connectivity index (χ0n) is 12.5. The molecule has 0 aromatic heterocycles. The van der Waals surface area contributed by atoms with Gasteiger partial charge in [0, 0.05) is 30.1 Å². The minimum atomic E-state index is -0.491. The van der Waals surface area contributed by atoms with Crippen LogP contribution in [0.2, 0.25) is 5.02 Å². The predicted octanol–water partition coefficient (Wildman–Crippen LogP) is 2.52. The average molecular weight is 329 g/mol. The van der Waals surface area contributed by atoms with Gasteiger partial charge >= 0.3 is 0 Å². The third kappa shape index (κ3) is 3.54. The molecule has 3 rings (SSSR count). The van der Waals surface area contributed by atoms with Crippen molar-refractivity contribution in [2.24, 2.45) is 0 Å². The maximum absolute atomic E-state index is 12.8. The van der Waals surface area contributed by atoms with Gasteiger partial charge in [-0.3, -0.25) is 9.59 Å². The van der Waals surface area contributed by atoms with Gasteiger partial charge in [0.15, 0.2) is 0 Å². The summed E-state index contributed by atoms with van der Waals surface area (Å²) in [5.41, 5.74) is 1.57. The van der Waals surface area contributed by atoms with E-state index >= 15 is 0 Å². The molecule has 1 aliphatic rings. The molecule has 2 aromatic carbocycles. The lowest BCUT2D eigenvalue weighted by molar-refractivity contribution is -0.127. The number of hydrogen-bond donors (Lipinski definition) is 1. The van der Waals surface area contributed by atoms with Gasteiger partial charge in [0.25, 0.3) is 5.91 Å². The molecule has 1 heterocycles. The summed E-state index contributed by atoms with van der Waals surface area (Å²) in [4.78, 5) is 26.7. The summed E-state index contributed by atoms with van der Waals surface area (Å²) in [6.07, 6.45) is 0.506. The first-order valence-corrected chi connectivity index (χ1v) is 7.91. The quantitative estimate of drug-likeness (QED) is 0.941. The number of piperazine rings is 1. The summed E-state index contributed by atoms with van der Waals surface area (Å²) in [6.45, 7) is 0.980. The van der Waals surface area contributed by atoms with Crippen molar-refractivity contribution in [3.8, 4) is 0 Å². The number of carbonyl (C=O) groups is 2. The largest absolute Gasteiger partial charge is 0.353 e. The third-order valence-corrected chi connectivity index (χ3v) is 4.21. The number of hydrogen-bond acceptors (Lipinski definition) is 2. The van der Waals surface area contributed by atoms with E-state index in [-0.39, 0.29) is 11.8 Å². The van der Waals surface area contributed by atoms with Crippen LogP contribution in [-0.2, 0) is 11.2 Å². The van der Waals surface area contributed by atoms with Crippen LogP contribution in [0.3, 0.4) is 0 Å². The van der Waals surface area contributed by atoms with Gasteiger partial charge in [0.05, 0.1) is 0 Å². The van der Waals surface area contributed by atoms with E-state index in [1.165, 1.54) is 0 Å². The predicted molar refractivity (Wildman–Crippen MR) is 89.4 cm³/mol. The van der Waals surface area contributed by atoms with Crippen LogP contribution in [0.4, 0.5) is 0 Å². The van der Waals surface area contributed by atoms with Gasteiger partial charge in [-0.2, -0.15) is 0 Å². The molecule has 4 nitrogen and oxygen atoms in total. The molecule has 0 saturated carbocycles. The number of carbonyl (C=O) groups excluding carboxylic acids is 2. The van der Waals surface area contributed by atoms with E-state index < -0.39 is 6.04 Å². The van der Waals surface area contributed by atoms with Crippen LogP contribution in [0, 0.1) is 0 Å². The smallest absolute Gasteiger partial charge is 0.254 e. The van der Waals surface area contributed by atoms with Crippen LogP contribution < -0.4 is 5.32 Å². The van der Waals surface area contributed by atoms with Crippen LogP contribution in [0.25, 0.3) is 0 Å². The summed E-state index contributed by atoms with van der Waals surface area (Å²) in [5, 5.41) is 3.43. The molecule has 1 N–H and O–H groups in total. The first-order chi connectivity index (χ1) is 11.1. The minimum Gasteiger partial charge on any atom is -0.353 e. The van der Waals surface area contributed by atoms with Crippen molar-refractivity contribution in [1.29, 1.82) is 0 Å². The lowest BCUT2D eigenvalue weighted by Gasteiger charge is -2.35. The monoisotopic (exact) mass is 328 g/mol. The molecule has 0 aliphatic carbocycles. The second-order valence-corrected chi connectivity index (χ2v) is 5.94. The van der Waals surface area contributed by atoms with E-state index in [0.29, 0.717) is 30.1 Å². The Morgan fingerprint density at radius 1 is 1.13 bits per heavy atom. The second kappa shape index (κ2) is 6.84. The topological polar surface area (TPSA) is 49.4 Å². The van der Waals surface area contributed by atoms with E-state index in [2.05, 4.69) is 5.32 Å². The number of amides is 2. The molecular weight excluding hydrogens is 312 g/mol. The lowest BCUT2D eigenvalue weighted by Crippen LogP contribution is -2.58. The molecule has 1 fully saturated rings. The maximum Gasteiger partial charge on any atom is 0.254 e. The first kappa shape index (κ1) is 15.6. The molecule has 1 aliphatic heterocycles. The van der Waals surface area contributed by atoms with Crippen LogP contribution >= 0.6 is 11.6 Å². The fraction of sp³-hybridized carbons (Fsp3) is 0.222. The number of halogens is 1. The molecule has 1 atom stereocenters. The van der Waals surface area contributed by atoms with Crippen molar-refractivity contribution in [2.75, 3.05) is 13.1 Å². The molecule has 118 valence electrons. The van der Waals surface area contributed by atoms with Crippen molar-refractivity contribution < 1.29 is 9.59 Å². The Kier molecular flexibility index (Phi) is 4.63. The van der Waals surface area contributed by atoms with Gasteiger partial charge in [-0.25, -0.2) is 0 Å². The minimum absolute atomic E-state index is 0.109. The van der Waals surface area contributed by atoms with Gasteiger partial charge in [-0.15, -0.1) is 0 Å². The Morgan fingerprint density at radius 2 is 1.83 bits per heavy atom. The summed E-state index contributed by atoms with van der Waals surface area (Å²) in [6, 6.07) is 16.0. The second-order valence-electron chi connectivity index (χ2n) is 5.50. The SMILES string of the molecule is O=C1NCCN(C(=O)c2ccc(Cl)cc2)C1Cc1ccccc1. The molecule has 0 bridgehead atoms. The molecule has 2 aromatic rings. The van der Waals surface area contributed by atoms with E-state index in [0.717, 1.165) is 5.56 Å². The van der Waals surface area contributed by atoms with Gasteiger partial charge in [0.2, 0.25) is 5.91 Å². The average Bonchev–Trinajstić information content (AvgIpc) is 2.58. The van der Waals surface area contributed by atoms with E-state index in [4.69, 9.17) is 11.6 Å². The molecule has 1 saturated heterocycles. The lowest BCUT2D eigenvalue weighted by atomic mass is 10.0.